The molecule has 1 aromatic heterocycles. The van der Waals surface area contributed by atoms with E-state index in [-0.39, 0.29) is 23.6 Å². The highest BCUT2D eigenvalue weighted by molar-refractivity contribution is 7.99. The summed E-state index contributed by atoms with van der Waals surface area (Å²) >= 11 is 7.13. The second-order valence-corrected chi connectivity index (χ2v) is 8.53. The Balaban J connectivity index is 1.66. The van der Waals surface area contributed by atoms with E-state index in [2.05, 4.69) is 27.4 Å². The van der Waals surface area contributed by atoms with Crippen molar-refractivity contribution in [1.82, 2.24) is 20.1 Å². The molecule has 3 rings (SSSR count). The molecule has 9 heteroatoms. The van der Waals surface area contributed by atoms with Crippen molar-refractivity contribution in [2.24, 2.45) is 0 Å². The Morgan fingerprint density at radius 3 is 2.66 bits per heavy atom. The van der Waals surface area contributed by atoms with Crippen molar-refractivity contribution < 1.29 is 9.59 Å². The van der Waals surface area contributed by atoms with Crippen molar-refractivity contribution in [3.05, 3.63) is 83.2 Å². The van der Waals surface area contributed by atoms with Crippen LogP contribution < -0.4 is 10.6 Å². The van der Waals surface area contributed by atoms with E-state index in [4.69, 9.17) is 11.6 Å². The SMILES string of the molecule is C=CCn1c(SCC(=O)Nc2ccc(Cl)cc2)nnc1[C@@H](C)NC(=O)c1cccc(C)c1. The monoisotopic (exact) mass is 469 g/mol. The lowest BCUT2D eigenvalue weighted by atomic mass is 10.1. The van der Waals surface area contributed by atoms with Gasteiger partial charge in [-0.05, 0) is 50.2 Å². The zero-order valence-corrected chi connectivity index (χ0v) is 19.4. The Morgan fingerprint density at radius 1 is 1.22 bits per heavy atom. The van der Waals surface area contributed by atoms with Crippen molar-refractivity contribution in [2.75, 3.05) is 11.1 Å². The maximum absolute atomic E-state index is 12.6. The van der Waals surface area contributed by atoms with Gasteiger partial charge in [-0.2, -0.15) is 0 Å². The summed E-state index contributed by atoms with van der Waals surface area (Å²) in [6, 6.07) is 13.9. The van der Waals surface area contributed by atoms with Gasteiger partial charge in [0.15, 0.2) is 11.0 Å². The first-order valence-electron chi connectivity index (χ1n) is 9.97. The van der Waals surface area contributed by atoms with E-state index < -0.39 is 0 Å². The summed E-state index contributed by atoms with van der Waals surface area (Å²) in [5.74, 6) is 0.382. The van der Waals surface area contributed by atoms with Crippen LogP contribution in [-0.2, 0) is 11.3 Å². The van der Waals surface area contributed by atoms with E-state index in [1.165, 1.54) is 11.8 Å². The second kappa shape index (κ2) is 11.0. The summed E-state index contributed by atoms with van der Waals surface area (Å²) in [7, 11) is 0. The molecule has 0 unspecified atom stereocenters. The molecule has 0 aliphatic rings. The van der Waals surface area contributed by atoms with Gasteiger partial charge in [-0.1, -0.05) is 47.1 Å². The zero-order chi connectivity index (χ0) is 23.1. The number of hydrogen-bond acceptors (Lipinski definition) is 5. The van der Waals surface area contributed by atoms with Crippen LogP contribution in [0.15, 0.2) is 66.3 Å². The van der Waals surface area contributed by atoms with Crippen molar-refractivity contribution in [3.8, 4) is 0 Å². The van der Waals surface area contributed by atoms with E-state index >= 15 is 0 Å². The number of nitrogens with zero attached hydrogens (tertiary/aromatic N) is 3. The Bertz CT molecular complexity index is 1110. The van der Waals surface area contributed by atoms with Gasteiger partial charge in [-0.3, -0.25) is 9.59 Å². The lowest BCUT2D eigenvalue weighted by Crippen LogP contribution is -2.28. The lowest BCUT2D eigenvalue weighted by molar-refractivity contribution is -0.113. The van der Waals surface area contributed by atoms with Crippen molar-refractivity contribution in [3.63, 3.8) is 0 Å². The minimum Gasteiger partial charge on any atom is -0.342 e. The summed E-state index contributed by atoms with van der Waals surface area (Å²) in [5, 5.41) is 15.4. The second-order valence-electron chi connectivity index (χ2n) is 7.15. The van der Waals surface area contributed by atoms with Gasteiger partial charge in [0.1, 0.15) is 0 Å². The number of aromatic nitrogens is 3. The molecule has 3 aromatic rings. The first-order chi connectivity index (χ1) is 15.4. The van der Waals surface area contributed by atoms with Gasteiger partial charge in [-0.15, -0.1) is 16.8 Å². The molecular weight excluding hydrogens is 446 g/mol. The van der Waals surface area contributed by atoms with Crippen LogP contribution in [0, 0.1) is 6.92 Å². The molecule has 1 heterocycles. The summed E-state index contributed by atoms with van der Waals surface area (Å²) < 4.78 is 1.84. The molecule has 0 spiro atoms. The number of rotatable bonds is 9. The van der Waals surface area contributed by atoms with E-state index in [9.17, 15) is 9.59 Å². The van der Waals surface area contributed by atoms with Crippen molar-refractivity contribution >= 4 is 40.9 Å². The normalized spacial score (nSPS) is 11.6. The maximum Gasteiger partial charge on any atom is 0.251 e. The first-order valence-corrected chi connectivity index (χ1v) is 11.3. The third kappa shape index (κ3) is 6.21. The Morgan fingerprint density at radius 2 is 1.97 bits per heavy atom. The number of benzene rings is 2. The molecule has 7 nitrogen and oxygen atoms in total. The van der Waals surface area contributed by atoms with Crippen molar-refractivity contribution in [1.29, 1.82) is 0 Å². The third-order valence-corrected chi connectivity index (χ3v) is 5.75. The summed E-state index contributed by atoms with van der Waals surface area (Å²) in [4.78, 5) is 24.9. The lowest BCUT2D eigenvalue weighted by Gasteiger charge is -2.15. The molecule has 1 atom stereocenters. The Labute approximate surface area is 196 Å². The molecule has 166 valence electrons. The highest BCUT2D eigenvalue weighted by Crippen LogP contribution is 2.22. The first kappa shape index (κ1) is 23.6. The molecule has 0 aliphatic heterocycles. The molecular formula is C23H24ClN5O2S. The number of carbonyl (C=O) groups excluding carboxylic acids is 2. The van der Waals surface area contributed by atoms with Gasteiger partial charge in [0.25, 0.3) is 5.91 Å². The van der Waals surface area contributed by atoms with Gasteiger partial charge < -0.3 is 15.2 Å². The molecule has 32 heavy (non-hydrogen) atoms. The molecule has 0 saturated heterocycles. The molecule has 2 amide bonds. The van der Waals surface area contributed by atoms with E-state index in [1.54, 1.807) is 36.4 Å². The molecule has 0 bridgehead atoms. The van der Waals surface area contributed by atoms with Gasteiger partial charge in [0.05, 0.1) is 11.8 Å². The van der Waals surface area contributed by atoms with E-state index in [0.29, 0.717) is 33.8 Å². The molecule has 0 aliphatic carbocycles. The number of nitrogens with one attached hydrogen (secondary N) is 2. The third-order valence-electron chi connectivity index (χ3n) is 4.53. The predicted molar refractivity (Wildman–Crippen MR) is 128 cm³/mol. The highest BCUT2D eigenvalue weighted by atomic mass is 35.5. The average Bonchev–Trinajstić information content (AvgIpc) is 3.17. The Kier molecular flexibility index (Phi) is 8.08. The fraction of sp³-hybridized carbons (Fsp3) is 0.217. The van der Waals surface area contributed by atoms with Crippen LogP contribution in [0.5, 0.6) is 0 Å². The van der Waals surface area contributed by atoms with Crippen molar-refractivity contribution in [2.45, 2.75) is 31.6 Å². The van der Waals surface area contributed by atoms with Gasteiger partial charge in [0, 0.05) is 22.8 Å². The molecule has 0 saturated carbocycles. The predicted octanol–water partition coefficient (Wildman–Crippen LogP) is 4.65. The summed E-state index contributed by atoms with van der Waals surface area (Å²) in [5.41, 5.74) is 2.26. The fourth-order valence-corrected chi connectivity index (χ4v) is 3.90. The number of allylic oxidation sites excluding steroid dienone is 1. The van der Waals surface area contributed by atoms with Crippen LogP contribution in [0.2, 0.25) is 5.02 Å². The topological polar surface area (TPSA) is 88.9 Å². The molecule has 0 fully saturated rings. The molecule has 2 aromatic carbocycles. The van der Waals surface area contributed by atoms with Crippen LogP contribution in [0.4, 0.5) is 5.69 Å². The van der Waals surface area contributed by atoms with Crippen LogP contribution in [0.1, 0.15) is 34.7 Å². The minimum absolute atomic E-state index is 0.155. The van der Waals surface area contributed by atoms with Crippen LogP contribution in [0.25, 0.3) is 0 Å². The number of halogens is 1. The minimum atomic E-state index is -0.382. The quantitative estimate of drug-likeness (QED) is 0.352. The number of thioether (sulfide) groups is 1. The fourth-order valence-electron chi connectivity index (χ4n) is 3.02. The van der Waals surface area contributed by atoms with Gasteiger partial charge >= 0.3 is 0 Å². The largest absolute Gasteiger partial charge is 0.342 e. The summed E-state index contributed by atoms with van der Waals surface area (Å²) in [6.07, 6.45) is 1.72. The standard InChI is InChI=1S/C23H24ClN5O2S/c1-4-12-29-21(16(3)25-22(31)17-7-5-6-15(2)13-17)27-28-23(29)32-14-20(30)26-19-10-8-18(24)9-11-19/h4-11,13,16H,1,12,14H2,2-3H3,(H,25,31)(H,26,30)/t16-/m1/s1. The van der Waals surface area contributed by atoms with Gasteiger partial charge in [-0.25, -0.2) is 0 Å². The zero-order valence-electron chi connectivity index (χ0n) is 17.8. The molecule has 2 N–H and O–H groups in total. The number of aryl methyl sites for hydroxylation is 1. The van der Waals surface area contributed by atoms with Crippen LogP contribution in [0.3, 0.4) is 0 Å². The van der Waals surface area contributed by atoms with Crippen LogP contribution >= 0.6 is 23.4 Å². The number of carbonyl (C=O) groups is 2. The maximum atomic E-state index is 12.6. The number of anilines is 1. The summed E-state index contributed by atoms with van der Waals surface area (Å²) in [6.45, 7) is 8.03. The highest BCUT2D eigenvalue weighted by Gasteiger charge is 2.20. The molecule has 0 radical (unpaired) electrons. The van der Waals surface area contributed by atoms with E-state index in [0.717, 1.165) is 5.56 Å². The number of hydrogen-bond donors (Lipinski definition) is 2. The van der Waals surface area contributed by atoms with Gasteiger partial charge in [0.2, 0.25) is 5.91 Å². The van der Waals surface area contributed by atoms with E-state index in [1.807, 2.05) is 36.6 Å². The average molecular weight is 470 g/mol. The van der Waals surface area contributed by atoms with Crippen LogP contribution in [-0.4, -0.2) is 32.3 Å². The number of amides is 2. The Hall–Kier alpha value is -3.10. The smallest absolute Gasteiger partial charge is 0.251 e.